The van der Waals surface area contributed by atoms with E-state index in [1.54, 1.807) is 12.1 Å². The second-order valence-corrected chi connectivity index (χ2v) is 5.07. The first kappa shape index (κ1) is 13.1. The van der Waals surface area contributed by atoms with E-state index in [2.05, 4.69) is 31.8 Å². The van der Waals surface area contributed by atoms with Crippen molar-refractivity contribution in [1.29, 1.82) is 0 Å². The molecule has 0 heterocycles. The van der Waals surface area contributed by atoms with Crippen LogP contribution >= 0.6 is 12.6 Å². The van der Waals surface area contributed by atoms with Gasteiger partial charge in [-0.3, -0.25) is 4.79 Å². The molecule has 0 spiro atoms. The van der Waals surface area contributed by atoms with Gasteiger partial charge in [-0.25, -0.2) is 0 Å². The maximum Gasteiger partial charge on any atom is 0.251 e. The van der Waals surface area contributed by atoms with E-state index in [9.17, 15) is 4.79 Å². The number of rotatable bonds is 4. The average molecular weight is 237 g/mol. The fourth-order valence-corrected chi connectivity index (χ4v) is 1.84. The molecular formula is C13H19NOS. The fraction of sp³-hybridized carbons (Fsp3) is 0.462. The highest BCUT2D eigenvalue weighted by Gasteiger charge is 2.10. The molecule has 1 amide bonds. The predicted molar refractivity (Wildman–Crippen MR) is 70.1 cm³/mol. The molecule has 0 bridgehead atoms. The summed E-state index contributed by atoms with van der Waals surface area (Å²) in [5.41, 5.74) is 0.688. The highest BCUT2D eigenvalue weighted by molar-refractivity contribution is 7.80. The van der Waals surface area contributed by atoms with Gasteiger partial charge in [0.2, 0.25) is 0 Å². The largest absolute Gasteiger partial charge is 0.350 e. The van der Waals surface area contributed by atoms with Crippen molar-refractivity contribution >= 4 is 18.5 Å². The zero-order valence-corrected chi connectivity index (χ0v) is 10.9. The first-order valence-electron chi connectivity index (χ1n) is 5.59. The molecule has 0 radical (unpaired) electrons. The molecule has 1 aromatic carbocycles. The second kappa shape index (κ2) is 5.94. The lowest BCUT2D eigenvalue weighted by Crippen LogP contribution is -2.33. The Bertz CT molecular complexity index is 345. The Balaban J connectivity index is 2.55. The van der Waals surface area contributed by atoms with Crippen LogP contribution in [-0.4, -0.2) is 11.9 Å². The van der Waals surface area contributed by atoms with Crippen molar-refractivity contribution in [3.63, 3.8) is 0 Å². The number of thiol groups is 1. The van der Waals surface area contributed by atoms with Gasteiger partial charge in [-0.2, -0.15) is 0 Å². The third-order valence-electron chi connectivity index (χ3n) is 2.33. The molecule has 0 aliphatic heterocycles. The normalized spacial score (nSPS) is 12.6. The van der Waals surface area contributed by atoms with Gasteiger partial charge in [0.25, 0.3) is 5.91 Å². The summed E-state index contributed by atoms with van der Waals surface area (Å²) in [6.45, 7) is 6.33. The lowest BCUT2D eigenvalue weighted by atomic mass is 10.0. The minimum absolute atomic E-state index is 0.0125. The summed E-state index contributed by atoms with van der Waals surface area (Å²) >= 11 is 4.18. The van der Waals surface area contributed by atoms with Gasteiger partial charge < -0.3 is 5.32 Å². The summed E-state index contributed by atoms with van der Waals surface area (Å²) in [7, 11) is 0. The van der Waals surface area contributed by atoms with E-state index < -0.39 is 0 Å². The molecule has 0 aliphatic carbocycles. The van der Waals surface area contributed by atoms with Crippen LogP contribution < -0.4 is 5.32 Å². The smallest absolute Gasteiger partial charge is 0.251 e. The van der Waals surface area contributed by atoms with Crippen molar-refractivity contribution in [2.45, 2.75) is 38.1 Å². The molecule has 1 N–H and O–H groups in total. The summed E-state index contributed by atoms with van der Waals surface area (Å²) in [6, 6.07) is 7.44. The van der Waals surface area contributed by atoms with Crippen LogP contribution in [0, 0.1) is 5.92 Å². The Hall–Kier alpha value is -0.960. The number of hydrogen-bond donors (Lipinski definition) is 2. The number of carbonyl (C=O) groups excluding carboxylic acids is 1. The number of benzene rings is 1. The molecule has 1 unspecified atom stereocenters. The monoisotopic (exact) mass is 237 g/mol. The summed E-state index contributed by atoms with van der Waals surface area (Å²) in [4.78, 5) is 12.7. The molecule has 0 saturated carbocycles. The van der Waals surface area contributed by atoms with E-state index in [4.69, 9.17) is 0 Å². The molecule has 1 aromatic rings. The number of nitrogens with one attached hydrogen (secondary N) is 1. The fourth-order valence-electron chi connectivity index (χ4n) is 1.69. The molecule has 2 nitrogen and oxygen atoms in total. The summed E-state index contributed by atoms with van der Waals surface area (Å²) in [5.74, 6) is 0.580. The molecule has 88 valence electrons. The summed E-state index contributed by atoms with van der Waals surface area (Å²) < 4.78 is 0. The predicted octanol–water partition coefficient (Wildman–Crippen LogP) is 3.14. The zero-order valence-electron chi connectivity index (χ0n) is 10.0. The minimum atomic E-state index is -0.0125. The van der Waals surface area contributed by atoms with Gasteiger partial charge in [0.05, 0.1) is 0 Å². The van der Waals surface area contributed by atoms with E-state index in [1.807, 2.05) is 19.1 Å². The van der Waals surface area contributed by atoms with Gasteiger partial charge in [0.15, 0.2) is 0 Å². The summed E-state index contributed by atoms with van der Waals surface area (Å²) in [5, 5.41) is 2.98. The first-order valence-corrected chi connectivity index (χ1v) is 6.03. The highest BCUT2D eigenvalue weighted by atomic mass is 32.1. The Labute approximate surface area is 103 Å². The summed E-state index contributed by atoms with van der Waals surface area (Å²) in [6.07, 6.45) is 0.996. The van der Waals surface area contributed by atoms with Gasteiger partial charge in [-0.15, -0.1) is 12.6 Å². The quantitative estimate of drug-likeness (QED) is 0.774. The second-order valence-electron chi connectivity index (χ2n) is 4.55. The topological polar surface area (TPSA) is 29.1 Å². The molecule has 0 saturated heterocycles. The average Bonchev–Trinajstić information content (AvgIpc) is 2.16. The van der Waals surface area contributed by atoms with Gasteiger partial charge in [-0.1, -0.05) is 13.8 Å². The molecule has 0 aromatic heterocycles. The van der Waals surface area contributed by atoms with Gasteiger partial charge in [0, 0.05) is 16.5 Å². The zero-order chi connectivity index (χ0) is 12.1. The molecule has 16 heavy (non-hydrogen) atoms. The van der Waals surface area contributed by atoms with E-state index in [0.717, 1.165) is 11.3 Å². The molecule has 1 rings (SSSR count). The number of carbonyl (C=O) groups is 1. The maximum atomic E-state index is 11.8. The van der Waals surface area contributed by atoms with Crippen LogP contribution in [0.15, 0.2) is 29.2 Å². The van der Waals surface area contributed by atoms with E-state index in [-0.39, 0.29) is 11.9 Å². The third-order valence-corrected chi connectivity index (χ3v) is 2.63. The van der Waals surface area contributed by atoms with Crippen molar-refractivity contribution in [2.75, 3.05) is 0 Å². The van der Waals surface area contributed by atoms with E-state index in [1.165, 1.54) is 0 Å². The van der Waals surface area contributed by atoms with Crippen molar-refractivity contribution in [1.82, 2.24) is 5.32 Å². The van der Waals surface area contributed by atoms with Crippen LogP contribution in [0.2, 0.25) is 0 Å². The van der Waals surface area contributed by atoms with Gasteiger partial charge >= 0.3 is 0 Å². The van der Waals surface area contributed by atoms with Crippen LogP contribution in [0.4, 0.5) is 0 Å². The van der Waals surface area contributed by atoms with Crippen molar-refractivity contribution in [3.05, 3.63) is 29.8 Å². The van der Waals surface area contributed by atoms with Crippen molar-refractivity contribution in [3.8, 4) is 0 Å². The highest BCUT2D eigenvalue weighted by Crippen LogP contribution is 2.09. The van der Waals surface area contributed by atoms with Crippen LogP contribution in [0.25, 0.3) is 0 Å². The van der Waals surface area contributed by atoms with E-state index >= 15 is 0 Å². The first-order chi connectivity index (χ1) is 7.49. The number of hydrogen-bond acceptors (Lipinski definition) is 2. The molecule has 0 aliphatic rings. The Morgan fingerprint density at radius 1 is 1.25 bits per heavy atom. The maximum absolute atomic E-state index is 11.8. The SMILES string of the molecule is CC(C)CC(C)NC(=O)c1ccc(S)cc1. The minimum Gasteiger partial charge on any atom is -0.350 e. The van der Waals surface area contributed by atoms with Gasteiger partial charge in [0.1, 0.15) is 0 Å². The van der Waals surface area contributed by atoms with Crippen LogP contribution in [0.3, 0.4) is 0 Å². The van der Waals surface area contributed by atoms with Crippen LogP contribution in [0.5, 0.6) is 0 Å². The lowest BCUT2D eigenvalue weighted by Gasteiger charge is -2.15. The van der Waals surface area contributed by atoms with Crippen molar-refractivity contribution < 1.29 is 4.79 Å². The van der Waals surface area contributed by atoms with Crippen LogP contribution in [-0.2, 0) is 0 Å². The molecule has 1 atom stereocenters. The van der Waals surface area contributed by atoms with Crippen LogP contribution in [0.1, 0.15) is 37.6 Å². The van der Waals surface area contributed by atoms with E-state index in [0.29, 0.717) is 11.5 Å². The van der Waals surface area contributed by atoms with Gasteiger partial charge in [-0.05, 0) is 43.5 Å². The molecule has 0 fully saturated rings. The Morgan fingerprint density at radius 2 is 1.81 bits per heavy atom. The Morgan fingerprint density at radius 3 is 2.31 bits per heavy atom. The molecular weight excluding hydrogens is 218 g/mol. The third kappa shape index (κ3) is 4.27. The molecule has 3 heteroatoms. The standard InChI is InChI=1S/C13H19NOS/c1-9(2)8-10(3)14-13(15)11-4-6-12(16)7-5-11/h4-7,9-10,16H,8H2,1-3H3,(H,14,15). The number of amides is 1. The van der Waals surface area contributed by atoms with Crippen molar-refractivity contribution in [2.24, 2.45) is 5.92 Å². The lowest BCUT2D eigenvalue weighted by molar-refractivity contribution is 0.0936. The Kier molecular flexibility index (Phi) is 4.87.